The van der Waals surface area contributed by atoms with Crippen LogP contribution >= 0.6 is 15.5 Å². The van der Waals surface area contributed by atoms with Crippen LogP contribution < -0.4 is 0 Å². The summed E-state index contributed by atoms with van der Waals surface area (Å²) in [6.45, 7) is -1.19. The fourth-order valence-corrected chi connectivity index (χ4v) is 2.72. The second-order valence-electron chi connectivity index (χ2n) is 3.17. The van der Waals surface area contributed by atoms with E-state index < -0.39 is 26.1 Å². The number of likely N-dealkylation sites (N-methyl/N-ethyl adjacent to an activating group) is 1. The van der Waals surface area contributed by atoms with Gasteiger partial charge in [-0.1, -0.05) is 0 Å². The lowest BCUT2D eigenvalue weighted by molar-refractivity contribution is -0.691. The molecule has 9 nitrogen and oxygen atoms in total. The monoisotopic (exact) mass is 280 g/mol. The molecule has 0 rings (SSSR count). The van der Waals surface area contributed by atoms with Crippen molar-refractivity contribution in [1.82, 2.24) is 0 Å². The van der Waals surface area contributed by atoms with Gasteiger partial charge in [-0.2, -0.15) is 4.02 Å². The molecule has 0 fully saturated rings. The summed E-state index contributed by atoms with van der Waals surface area (Å²) in [5.74, 6) is 0. The van der Waals surface area contributed by atoms with Crippen molar-refractivity contribution >= 4 is 15.5 Å². The summed E-state index contributed by atoms with van der Waals surface area (Å²) < 4.78 is 25.1. The fraction of sp³-hybridized carbons (Fsp3) is 1.00. The fourth-order valence-electron chi connectivity index (χ4n) is 0.816. The Morgan fingerprint density at radius 3 is 1.81 bits per heavy atom. The lowest BCUT2D eigenvalue weighted by atomic mass is 10.7. The van der Waals surface area contributed by atoms with Gasteiger partial charge in [0.2, 0.25) is 0 Å². The van der Waals surface area contributed by atoms with Crippen molar-refractivity contribution < 1.29 is 42.6 Å². The van der Waals surface area contributed by atoms with Gasteiger partial charge in [-0.05, 0) is 0 Å². The summed E-state index contributed by atoms with van der Waals surface area (Å²) in [5, 5.41) is 8.38. The van der Waals surface area contributed by atoms with Crippen LogP contribution in [0.25, 0.3) is 0 Å². The molecular formula is C5H16NO8P2+. The number of ether oxygens (including phenoxy) is 1. The average Bonchev–Trinajstić information content (AvgIpc) is 2.08. The van der Waals surface area contributed by atoms with E-state index >= 15 is 0 Å². The minimum atomic E-state index is -5.03. The zero-order valence-corrected chi connectivity index (χ0v) is 10.4. The van der Waals surface area contributed by atoms with Crippen molar-refractivity contribution in [3.05, 3.63) is 0 Å². The highest BCUT2D eigenvalue weighted by molar-refractivity contribution is 7.58. The highest BCUT2D eigenvalue weighted by Crippen LogP contribution is 2.64. The Balaban J connectivity index is 4.73. The van der Waals surface area contributed by atoms with Crippen molar-refractivity contribution in [3.63, 3.8) is 0 Å². The van der Waals surface area contributed by atoms with Gasteiger partial charge >= 0.3 is 15.5 Å². The Kier molecular flexibility index (Phi) is 5.74. The zero-order chi connectivity index (χ0) is 13.0. The second-order valence-corrected chi connectivity index (χ2v) is 7.31. The Hall–Kier alpha value is 0.180. The molecule has 0 amide bonds. The van der Waals surface area contributed by atoms with E-state index in [1.54, 1.807) is 0 Å². The predicted molar refractivity (Wildman–Crippen MR) is 53.0 cm³/mol. The van der Waals surface area contributed by atoms with E-state index in [0.717, 1.165) is 7.05 Å². The number of aliphatic hydroxyl groups is 1. The van der Waals surface area contributed by atoms with Crippen LogP contribution in [-0.2, 0) is 13.9 Å². The van der Waals surface area contributed by atoms with Crippen LogP contribution in [0, 0.1) is 0 Å². The average molecular weight is 280 g/mol. The number of rotatable bonds is 7. The van der Waals surface area contributed by atoms with Crippen LogP contribution in [-0.4, -0.2) is 62.1 Å². The van der Waals surface area contributed by atoms with Gasteiger partial charge in [-0.3, -0.25) is 19.6 Å². The van der Waals surface area contributed by atoms with Crippen LogP contribution in [0.4, 0.5) is 0 Å². The van der Waals surface area contributed by atoms with E-state index in [0.29, 0.717) is 0 Å². The summed E-state index contributed by atoms with van der Waals surface area (Å²) >= 11 is 0. The molecule has 0 unspecified atom stereocenters. The topological polar surface area (TPSA) is 145 Å². The Bertz CT molecular complexity index is 286. The third-order valence-corrected chi connectivity index (χ3v) is 6.06. The summed E-state index contributed by atoms with van der Waals surface area (Å²) in [4.78, 5) is 35.7. The van der Waals surface area contributed by atoms with Gasteiger partial charge in [-0.25, -0.2) is 9.13 Å². The molecule has 0 aromatic carbocycles. The van der Waals surface area contributed by atoms with E-state index in [2.05, 4.69) is 0 Å². The minimum absolute atomic E-state index is 0.0671. The van der Waals surface area contributed by atoms with E-state index in [4.69, 9.17) is 29.4 Å². The number of nitrogens with zero attached hydrogens (tertiary/aromatic N) is 1. The van der Waals surface area contributed by atoms with Gasteiger partial charge in [0.05, 0.1) is 26.9 Å². The Labute approximate surface area is 92.3 Å². The molecule has 0 saturated carbocycles. The maximum Gasteiger partial charge on any atom is 0.533 e. The molecule has 0 aliphatic carbocycles. The van der Waals surface area contributed by atoms with Crippen molar-refractivity contribution in [2.45, 2.75) is 0 Å². The van der Waals surface area contributed by atoms with Crippen molar-refractivity contribution in [3.8, 4) is 0 Å². The number of hydrogen-bond acceptors (Lipinski definition) is 4. The quantitative estimate of drug-likeness (QED) is 0.283. The van der Waals surface area contributed by atoms with Crippen molar-refractivity contribution in [2.75, 3.05) is 33.4 Å². The first-order chi connectivity index (χ1) is 7.06. The lowest BCUT2D eigenvalue weighted by Gasteiger charge is -2.32. The standard InChI is InChI=1S/C5H15NO8P2/c1-6(15(8,9)10,16(11,12)13)2-4-14-5-3-7/h7H,2-5H2,1H3,(H3-,8,9,10,11,12,13)/p+1. The summed E-state index contributed by atoms with van der Waals surface area (Å²) in [5.41, 5.74) is 0. The van der Waals surface area contributed by atoms with Gasteiger partial charge in [0, 0.05) is 0 Å². The van der Waals surface area contributed by atoms with Gasteiger partial charge in [-0.15, -0.1) is 0 Å². The van der Waals surface area contributed by atoms with Gasteiger partial charge in [0.1, 0.15) is 6.54 Å². The molecule has 16 heavy (non-hydrogen) atoms. The first-order valence-electron chi connectivity index (χ1n) is 4.22. The first-order valence-corrected chi connectivity index (χ1v) is 7.35. The Morgan fingerprint density at radius 2 is 1.50 bits per heavy atom. The number of hydrogen-bond donors (Lipinski definition) is 5. The smallest absolute Gasteiger partial charge is 0.394 e. The van der Waals surface area contributed by atoms with Crippen LogP contribution in [0.1, 0.15) is 0 Å². The second kappa shape index (κ2) is 5.68. The summed E-state index contributed by atoms with van der Waals surface area (Å²) in [7, 11) is -9.30. The van der Waals surface area contributed by atoms with Crippen molar-refractivity contribution in [1.29, 1.82) is 0 Å². The van der Waals surface area contributed by atoms with Crippen molar-refractivity contribution in [2.24, 2.45) is 0 Å². The Morgan fingerprint density at radius 1 is 1.06 bits per heavy atom. The summed E-state index contributed by atoms with van der Waals surface area (Å²) in [6, 6.07) is 0. The lowest BCUT2D eigenvalue weighted by Crippen LogP contribution is -2.39. The van der Waals surface area contributed by atoms with Crippen LogP contribution in [0.3, 0.4) is 0 Å². The maximum absolute atomic E-state index is 11.0. The van der Waals surface area contributed by atoms with Crippen LogP contribution in [0.5, 0.6) is 0 Å². The normalized spacial score (nSPS) is 14.1. The highest BCUT2D eigenvalue weighted by atomic mass is 31.3. The highest BCUT2D eigenvalue weighted by Gasteiger charge is 2.55. The van der Waals surface area contributed by atoms with E-state index in [1.165, 1.54) is 0 Å². The van der Waals surface area contributed by atoms with Crippen LogP contribution in [0.2, 0.25) is 0 Å². The first kappa shape index (κ1) is 16.2. The third-order valence-electron chi connectivity index (χ3n) is 2.02. The largest absolute Gasteiger partial charge is 0.533 e. The molecule has 0 saturated heterocycles. The molecule has 0 aliphatic heterocycles. The predicted octanol–water partition coefficient (Wildman–Crippen LogP) is -1.37. The van der Waals surface area contributed by atoms with Gasteiger partial charge in [0.25, 0.3) is 0 Å². The molecule has 0 aromatic heterocycles. The van der Waals surface area contributed by atoms with Gasteiger partial charge in [0.15, 0.2) is 0 Å². The number of quaternary nitrogens is 1. The minimum Gasteiger partial charge on any atom is -0.394 e. The molecule has 0 aromatic rings. The number of aliphatic hydroxyl groups excluding tert-OH is 1. The molecular weight excluding hydrogens is 264 g/mol. The van der Waals surface area contributed by atoms with E-state index in [-0.39, 0.29) is 19.8 Å². The molecule has 0 aliphatic rings. The maximum atomic E-state index is 11.0. The SMILES string of the molecule is C[N+](CCOCCO)(P(=O)(O)O)P(=O)(O)O. The molecule has 5 N–H and O–H groups in total. The molecule has 0 bridgehead atoms. The molecule has 0 spiro atoms. The van der Waals surface area contributed by atoms with E-state index in [9.17, 15) is 9.13 Å². The molecule has 0 atom stereocenters. The molecule has 0 heterocycles. The van der Waals surface area contributed by atoms with E-state index in [1.807, 2.05) is 0 Å². The zero-order valence-electron chi connectivity index (χ0n) is 8.63. The molecule has 98 valence electrons. The molecule has 11 heteroatoms. The van der Waals surface area contributed by atoms with Gasteiger partial charge < -0.3 is 9.84 Å². The molecule has 0 radical (unpaired) electrons. The third kappa shape index (κ3) is 3.89. The van der Waals surface area contributed by atoms with Crippen LogP contribution in [0.15, 0.2) is 0 Å². The summed E-state index contributed by atoms with van der Waals surface area (Å²) in [6.07, 6.45) is 0.